The number of para-hydroxylation sites is 2. The molecule has 0 spiro atoms. The zero-order valence-electron chi connectivity index (χ0n) is 22.4. The van der Waals surface area contributed by atoms with Gasteiger partial charge in [-0.25, -0.2) is 4.98 Å². The summed E-state index contributed by atoms with van der Waals surface area (Å²) in [5, 5.41) is 20.4. The molecule has 1 amide bonds. The summed E-state index contributed by atoms with van der Waals surface area (Å²) >= 11 is 12.3. The van der Waals surface area contributed by atoms with Gasteiger partial charge in [0, 0.05) is 32.7 Å². The van der Waals surface area contributed by atoms with Crippen LogP contribution >= 0.6 is 23.2 Å². The minimum absolute atomic E-state index is 0.0117. The molecule has 0 saturated carbocycles. The average molecular weight is 628 g/mol. The van der Waals surface area contributed by atoms with Crippen LogP contribution in [0.15, 0.2) is 105 Å². The molecule has 0 unspecified atom stereocenters. The Kier molecular flexibility index (Phi) is 7.80. The Morgan fingerprint density at radius 1 is 1.02 bits per heavy atom. The number of benzene rings is 4. The molecule has 0 bridgehead atoms. The molecular weight excluding hydrogens is 609 g/mol. The summed E-state index contributed by atoms with van der Waals surface area (Å²) in [4.78, 5) is 42.1. The summed E-state index contributed by atoms with van der Waals surface area (Å²) in [6, 6.07) is 24.6. The fourth-order valence-electron chi connectivity index (χ4n) is 4.48. The van der Waals surface area contributed by atoms with E-state index in [2.05, 4.69) is 15.4 Å². The Morgan fingerprint density at radius 3 is 2.59 bits per heavy atom. The maximum atomic E-state index is 13.7. The van der Waals surface area contributed by atoms with E-state index in [1.165, 1.54) is 12.3 Å². The van der Waals surface area contributed by atoms with Gasteiger partial charge < -0.3 is 14.5 Å². The van der Waals surface area contributed by atoms with E-state index in [1.807, 2.05) is 0 Å². The van der Waals surface area contributed by atoms with Gasteiger partial charge >= 0.3 is 5.69 Å². The van der Waals surface area contributed by atoms with Gasteiger partial charge in [-0.05, 0) is 54.6 Å². The Hall–Kier alpha value is -5.52. The number of nitrogens with zero attached hydrogens (tertiary/aromatic N) is 4. The number of carbonyl (C=O) groups is 1. The summed E-state index contributed by atoms with van der Waals surface area (Å²) in [5.74, 6) is -0.523. The maximum absolute atomic E-state index is 13.7. The van der Waals surface area contributed by atoms with Crippen LogP contribution in [0.3, 0.4) is 0 Å². The van der Waals surface area contributed by atoms with Gasteiger partial charge in [-0.2, -0.15) is 9.78 Å². The minimum Gasteiger partial charge on any atom is -0.476 e. The zero-order valence-corrected chi connectivity index (χ0v) is 24.0. The number of nitrogens with one attached hydrogen (secondary N) is 1. The Balaban J connectivity index is 1.43. The van der Waals surface area contributed by atoms with Gasteiger partial charge in [-0.15, -0.1) is 0 Å². The molecule has 13 heteroatoms. The second kappa shape index (κ2) is 12.0. The number of hydrogen-bond donors (Lipinski definition) is 1. The third kappa shape index (κ3) is 5.87. The molecule has 4 aromatic carbocycles. The quantitative estimate of drug-likeness (QED) is 0.110. The van der Waals surface area contributed by atoms with E-state index < -0.39 is 28.7 Å². The fourth-order valence-corrected chi connectivity index (χ4v) is 4.88. The Morgan fingerprint density at radius 2 is 1.80 bits per heavy atom. The number of rotatable bonds is 8. The summed E-state index contributed by atoms with van der Waals surface area (Å²) in [5.41, 5.74) is 0.462. The van der Waals surface area contributed by atoms with Gasteiger partial charge in [0.15, 0.2) is 12.4 Å². The largest absolute Gasteiger partial charge is 0.476 e. The van der Waals surface area contributed by atoms with Crippen LogP contribution < -0.4 is 15.6 Å². The van der Waals surface area contributed by atoms with Crippen molar-refractivity contribution in [3.8, 4) is 17.3 Å². The lowest BCUT2D eigenvalue weighted by Crippen LogP contribution is -2.21. The minimum atomic E-state index is -0.692. The molecule has 0 aliphatic rings. The van der Waals surface area contributed by atoms with Gasteiger partial charge in [0.2, 0.25) is 11.6 Å². The lowest BCUT2D eigenvalue weighted by atomic mass is 10.2. The summed E-state index contributed by atoms with van der Waals surface area (Å²) in [6.45, 7) is -0.553. The van der Waals surface area contributed by atoms with Crippen LogP contribution in [0, 0.1) is 10.1 Å². The van der Waals surface area contributed by atoms with Gasteiger partial charge in [-0.3, -0.25) is 19.7 Å². The molecule has 0 fully saturated rings. The first-order valence-corrected chi connectivity index (χ1v) is 13.7. The zero-order chi connectivity index (χ0) is 30.8. The van der Waals surface area contributed by atoms with Gasteiger partial charge in [0.05, 0.1) is 22.0 Å². The monoisotopic (exact) mass is 627 g/mol. The topological polar surface area (TPSA) is 142 Å². The molecule has 218 valence electrons. The van der Waals surface area contributed by atoms with Crippen molar-refractivity contribution in [1.82, 2.24) is 9.66 Å². The van der Waals surface area contributed by atoms with Crippen LogP contribution in [0.25, 0.3) is 33.5 Å². The van der Waals surface area contributed by atoms with E-state index in [4.69, 9.17) is 32.4 Å². The summed E-state index contributed by atoms with van der Waals surface area (Å²) in [6.07, 6.45) is 1.17. The highest BCUT2D eigenvalue weighted by Gasteiger charge is 2.22. The van der Waals surface area contributed by atoms with Crippen LogP contribution in [0.2, 0.25) is 10.0 Å². The number of amides is 1. The molecule has 0 atom stereocenters. The van der Waals surface area contributed by atoms with Crippen molar-refractivity contribution in [1.29, 1.82) is 0 Å². The number of hydrogen-bond acceptors (Lipinski definition) is 8. The van der Waals surface area contributed by atoms with Gasteiger partial charge in [-0.1, -0.05) is 53.5 Å². The number of aromatic nitrogens is 2. The van der Waals surface area contributed by atoms with Crippen LogP contribution in [-0.2, 0) is 4.79 Å². The average Bonchev–Trinajstić information content (AvgIpc) is 3.43. The maximum Gasteiger partial charge on any atom is 0.313 e. The second-order valence-electron chi connectivity index (χ2n) is 9.41. The van der Waals surface area contributed by atoms with Crippen molar-refractivity contribution in [2.75, 3.05) is 11.9 Å². The van der Waals surface area contributed by atoms with E-state index in [1.54, 1.807) is 78.9 Å². The van der Waals surface area contributed by atoms with E-state index in [-0.39, 0.29) is 33.3 Å². The normalized spacial score (nSPS) is 11.3. The summed E-state index contributed by atoms with van der Waals surface area (Å²) in [7, 11) is 0. The van der Waals surface area contributed by atoms with Crippen molar-refractivity contribution in [3.63, 3.8) is 0 Å². The molecular formula is C31H19Cl2N5O6. The van der Waals surface area contributed by atoms with Crippen LogP contribution in [0.4, 0.5) is 11.4 Å². The standard InChI is InChI=1S/C31H19Cl2N5O6/c32-20-10-11-26-18(12-20)14-27(44-26)30-36-24-9-5-4-8-23(24)31(40)37(30)34-16-19-13-21(33)15-25(38(41)42)29(19)43-17-28(39)35-22-6-2-1-3-7-22/h1-16H,17H2,(H,35,39). The highest BCUT2D eigenvalue weighted by molar-refractivity contribution is 6.31. The first kappa shape index (κ1) is 28.6. The fraction of sp³-hybridized carbons (Fsp3) is 0.0323. The molecule has 0 aliphatic carbocycles. The van der Waals surface area contributed by atoms with Crippen molar-refractivity contribution < 1.29 is 18.9 Å². The highest BCUT2D eigenvalue weighted by Crippen LogP contribution is 2.34. The lowest BCUT2D eigenvalue weighted by Gasteiger charge is -2.11. The van der Waals surface area contributed by atoms with Gasteiger partial charge in [0.1, 0.15) is 5.58 Å². The number of fused-ring (bicyclic) bond motifs is 2. The molecule has 6 rings (SSSR count). The van der Waals surface area contributed by atoms with E-state index in [0.717, 1.165) is 10.7 Å². The lowest BCUT2D eigenvalue weighted by molar-refractivity contribution is -0.385. The number of furan rings is 1. The second-order valence-corrected chi connectivity index (χ2v) is 10.3. The molecule has 44 heavy (non-hydrogen) atoms. The molecule has 0 saturated heterocycles. The van der Waals surface area contributed by atoms with Crippen LogP contribution in [-0.4, -0.2) is 33.3 Å². The van der Waals surface area contributed by atoms with Crippen molar-refractivity contribution in [3.05, 3.63) is 127 Å². The van der Waals surface area contributed by atoms with E-state index in [0.29, 0.717) is 27.2 Å². The third-order valence-corrected chi connectivity index (χ3v) is 6.88. The van der Waals surface area contributed by atoms with Crippen LogP contribution in [0.1, 0.15) is 5.56 Å². The number of nitro groups is 1. The van der Waals surface area contributed by atoms with Crippen molar-refractivity contribution in [2.24, 2.45) is 5.10 Å². The molecule has 2 heterocycles. The number of nitro benzene ring substituents is 1. The van der Waals surface area contributed by atoms with Crippen LogP contribution in [0.5, 0.6) is 5.75 Å². The molecule has 2 aromatic heterocycles. The molecule has 1 N–H and O–H groups in total. The molecule has 0 radical (unpaired) electrons. The SMILES string of the molecule is O=C(COc1c(C=Nn2c(-c3cc4cc(Cl)ccc4o3)nc3ccccc3c2=O)cc(Cl)cc1[N+](=O)[O-])Nc1ccccc1. The predicted molar refractivity (Wildman–Crippen MR) is 168 cm³/mol. The number of ether oxygens (including phenoxy) is 1. The Labute approximate surface area is 258 Å². The first-order chi connectivity index (χ1) is 21.3. The number of anilines is 1. The third-order valence-electron chi connectivity index (χ3n) is 6.43. The van der Waals surface area contributed by atoms with Gasteiger partial charge in [0.25, 0.3) is 11.5 Å². The first-order valence-electron chi connectivity index (χ1n) is 13.0. The number of carbonyl (C=O) groups excluding carboxylic acids is 1. The van der Waals surface area contributed by atoms with Crippen molar-refractivity contribution in [2.45, 2.75) is 0 Å². The van der Waals surface area contributed by atoms with E-state index >= 15 is 0 Å². The smallest absolute Gasteiger partial charge is 0.313 e. The predicted octanol–water partition coefficient (Wildman–Crippen LogP) is 6.92. The van der Waals surface area contributed by atoms with E-state index in [9.17, 15) is 19.7 Å². The number of halogens is 2. The highest BCUT2D eigenvalue weighted by atomic mass is 35.5. The molecule has 0 aliphatic heterocycles. The van der Waals surface area contributed by atoms with Crippen molar-refractivity contribution >= 4 is 68.6 Å². The summed E-state index contributed by atoms with van der Waals surface area (Å²) < 4.78 is 12.6. The molecule has 11 nitrogen and oxygen atoms in total. The molecule has 6 aromatic rings. The Bertz CT molecular complexity index is 2160.